The van der Waals surface area contributed by atoms with Crippen LogP contribution in [-0.2, 0) is 0 Å². The number of aromatic carboxylic acids is 1. The van der Waals surface area contributed by atoms with Crippen molar-refractivity contribution in [2.45, 2.75) is 45.4 Å². The third-order valence-corrected chi connectivity index (χ3v) is 8.49. The summed E-state index contributed by atoms with van der Waals surface area (Å²) in [5, 5.41) is 13.2. The number of nitrogens with zero attached hydrogens (tertiary/aromatic N) is 2. The van der Waals surface area contributed by atoms with E-state index in [1.807, 2.05) is 31.2 Å². The number of amides is 2. The Bertz CT molecular complexity index is 1580. The molecule has 3 aromatic carbocycles. The maximum Gasteiger partial charge on any atom is 0.335 e. The van der Waals surface area contributed by atoms with Gasteiger partial charge < -0.3 is 15.3 Å². The van der Waals surface area contributed by atoms with E-state index < -0.39 is 5.97 Å². The molecule has 0 radical (unpaired) electrons. The number of hydrogen-bond donors (Lipinski definition) is 2. The fourth-order valence-corrected chi connectivity index (χ4v) is 5.89. The van der Waals surface area contributed by atoms with Crippen molar-refractivity contribution in [3.8, 4) is 0 Å². The fraction of sp³-hybridized carbons (Fsp3) is 0.281. The number of aryl methyl sites for hydroxylation is 1. The van der Waals surface area contributed by atoms with Gasteiger partial charge in [0.25, 0.3) is 11.8 Å². The zero-order chi connectivity index (χ0) is 28.0. The van der Waals surface area contributed by atoms with Crippen molar-refractivity contribution in [2.24, 2.45) is 0 Å². The highest BCUT2D eigenvalue weighted by molar-refractivity contribution is 6.31. The van der Waals surface area contributed by atoms with Crippen molar-refractivity contribution >= 4 is 52.1 Å². The van der Waals surface area contributed by atoms with Gasteiger partial charge in [-0.3, -0.25) is 14.5 Å². The molecular weight excluding hydrogens is 526 g/mol. The molecule has 0 aromatic heterocycles. The Labute approximate surface area is 238 Å². The SMILES string of the molecule is Cc1ccc(NC(=O)c2cc(N3C(=O)c4ccc(C(=O)O)cc4C3=C3CCC3)ccc2N2CCCCC2)cc1Cl. The highest BCUT2D eigenvalue weighted by atomic mass is 35.5. The van der Waals surface area contributed by atoms with E-state index in [4.69, 9.17) is 11.6 Å². The maximum absolute atomic E-state index is 13.8. The average Bonchev–Trinajstić information content (AvgIpc) is 3.21. The summed E-state index contributed by atoms with van der Waals surface area (Å²) in [6.45, 7) is 3.62. The van der Waals surface area contributed by atoms with Crippen molar-refractivity contribution < 1.29 is 19.5 Å². The molecule has 3 aliphatic rings. The van der Waals surface area contributed by atoms with E-state index in [9.17, 15) is 19.5 Å². The van der Waals surface area contributed by atoms with E-state index >= 15 is 0 Å². The van der Waals surface area contributed by atoms with E-state index in [1.165, 1.54) is 6.07 Å². The van der Waals surface area contributed by atoms with E-state index in [-0.39, 0.29) is 17.4 Å². The summed E-state index contributed by atoms with van der Waals surface area (Å²) >= 11 is 6.32. The number of carboxylic acid groups (broad SMARTS) is 1. The molecule has 0 bridgehead atoms. The number of allylic oxidation sites excluding steroid dienone is 1. The third-order valence-electron chi connectivity index (χ3n) is 8.08. The lowest BCUT2D eigenvalue weighted by molar-refractivity contribution is 0.0696. The van der Waals surface area contributed by atoms with Crippen LogP contribution in [0, 0.1) is 6.92 Å². The minimum absolute atomic E-state index is 0.142. The second-order valence-electron chi connectivity index (χ2n) is 10.7. The smallest absolute Gasteiger partial charge is 0.335 e. The first-order valence-corrected chi connectivity index (χ1v) is 14.1. The van der Waals surface area contributed by atoms with Gasteiger partial charge in [0.2, 0.25) is 0 Å². The second kappa shape index (κ2) is 10.5. The summed E-state index contributed by atoms with van der Waals surface area (Å²) in [6, 6.07) is 15.7. The molecule has 2 heterocycles. The summed E-state index contributed by atoms with van der Waals surface area (Å²) in [5.74, 6) is -1.53. The normalized spacial score (nSPS) is 16.6. The molecule has 2 amide bonds. The molecule has 7 nitrogen and oxygen atoms in total. The number of carboxylic acids is 1. The summed E-state index contributed by atoms with van der Waals surface area (Å²) in [7, 11) is 0. The topological polar surface area (TPSA) is 90.0 Å². The molecular formula is C32H30ClN3O4. The lowest BCUT2D eigenvalue weighted by Crippen LogP contribution is -2.32. The van der Waals surface area contributed by atoms with Crippen LogP contribution >= 0.6 is 11.6 Å². The monoisotopic (exact) mass is 555 g/mol. The van der Waals surface area contributed by atoms with Gasteiger partial charge in [-0.25, -0.2) is 4.79 Å². The van der Waals surface area contributed by atoms with Crippen LogP contribution < -0.4 is 15.1 Å². The molecule has 0 unspecified atom stereocenters. The Morgan fingerprint density at radius 1 is 0.900 bits per heavy atom. The molecule has 6 rings (SSSR count). The number of hydrogen-bond acceptors (Lipinski definition) is 4. The van der Waals surface area contributed by atoms with E-state index in [0.717, 1.165) is 74.1 Å². The Hall–Kier alpha value is -4.10. The van der Waals surface area contributed by atoms with Crippen molar-refractivity contribution in [2.75, 3.05) is 28.2 Å². The van der Waals surface area contributed by atoms with E-state index in [1.54, 1.807) is 29.2 Å². The lowest BCUT2D eigenvalue weighted by Gasteiger charge is -2.32. The summed E-state index contributed by atoms with van der Waals surface area (Å²) in [5.41, 5.74) is 6.53. The first-order chi connectivity index (χ1) is 19.3. The molecule has 204 valence electrons. The molecule has 1 saturated heterocycles. The van der Waals surface area contributed by atoms with E-state index in [2.05, 4.69) is 10.2 Å². The van der Waals surface area contributed by atoms with Gasteiger partial charge in [0.15, 0.2) is 0 Å². The predicted octanol–water partition coefficient (Wildman–Crippen LogP) is 7.14. The summed E-state index contributed by atoms with van der Waals surface area (Å²) in [4.78, 5) is 43.2. The van der Waals surface area contributed by atoms with Crippen LogP contribution in [0.5, 0.6) is 0 Å². The van der Waals surface area contributed by atoms with Gasteiger partial charge in [-0.15, -0.1) is 0 Å². The molecule has 8 heteroatoms. The van der Waals surface area contributed by atoms with Crippen LogP contribution in [0.3, 0.4) is 0 Å². The quantitative estimate of drug-likeness (QED) is 0.349. The minimum Gasteiger partial charge on any atom is -0.478 e. The lowest BCUT2D eigenvalue weighted by atomic mass is 9.88. The zero-order valence-corrected chi connectivity index (χ0v) is 23.1. The molecule has 2 aliphatic heterocycles. The van der Waals surface area contributed by atoms with Gasteiger partial charge in [-0.2, -0.15) is 0 Å². The van der Waals surface area contributed by atoms with Crippen molar-refractivity contribution in [3.05, 3.63) is 93.0 Å². The zero-order valence-electron chi connectivity index (χ0n) is 22.3. The number of nitrogens with one attached hydrogen (secondary N) is 1. The Kier molecular flexibility index (Phi) is 6.84. The average molecular weight is 556 g/mol. The van der Waals surface area contributed by atoms with Crippen LogP contribution in [0.2, 0.25) is 5.02 Å². The highest BCUT2D eigenvalue weighted by Gasteiger charge is 2.37. The first kappa shape index (κ1) is 26.1. The number of carbonyl (C=O) groups is 3. The third kappa shape index (κ3) is 4.64. The van der Waals surface area contributed by atoms with Crippen LogP contribution in [0.1, 0.15) is 80.7 Å². The Balaban J connectivity index is 1.44. The Morgan fingerprint density at radius 2 is 1.68 bits per heavy atom. The number of rotatable bonds is 5. The van der Waals surface area contributed by atoms with E-state index in [0.29, 0.717) is 33.1 Å². The molecule has 2 fully saturated rings. The number of fused-ring (bicyclic) bond motifs is 1. The van der Waals surface area contributed by atoms with Gasteiger partial charge in [-0.05, 0) is 105 Å². The van der Waals surface area contributed by atoms with Crippen LogP contribution in [0.25, 0.3) is 5.70 Å². The van der Waals surface area contributed by atoms with Crippen molar-refractivity contribution in [1.82, 2.24) is 0 Å². The second-order valence-corrected chi connectivity index (χ2v) is 11.1. The largest absolute Gasteiger partial charge is 0.478 e. The van der Waals surface area contributed by atoms with Crippen molar-refractivity contribution in [3.63, 3.8) is 0 Å². The molecule has 1 saturated carbocycles. The van der Waals surface area contributed by atoms with Gasteiger partial charge in [0.1, 0.15) is 0 Å². The predicted molar refractivity (Wildman–Crippen MR) is 158 cm³/mol. The van der Waals surface area contributed by atoms with Gasteiger partial charge in [0.05, 0.1) is 22.5 Å². The minimum atomic E-state index is -1.03. The molecule has 3 aromatic rings. The molecule has 0 spiro atoms. The molecule has 2 N–H and O–H groups in total. The van der Waals surface area contributed by atoms with Crippen molar-refractivity contribution in [1.29, 1.82) is 0 Å². The number of halogens is 1. The molecule has 0 atom stereocenters. The maximum atomic E-state index is 13.8. The number of anilines is 3. The fourth-order valence-electron chi connectivity index (χ4n) is 5.71. The van der Waals surface area contributed by atoms with Gasteiger partial charge in [-0.1, -0.05) is 17.7 Å². The summed E-state index contributed by atoms with van der Waals surface area (Å²) in [6.07, 6.45) is 5.99. The number of carbonyl (C=O) groups excluding carboxylic acids is 2. The number of benzene rings is 3. The molecule has 1 aliphatic carbocycles. The summed E-state index contributed by atoms with van der Waals surface area (Å²) < 4.78 is 0. The molecule has 40 heavy (non-hydrogen) atoms. The van der Waals surface area contributed by atoms with Crippen LogP contribution in [0.15, 0.2) is 60.2 Å². The van der Waals surface area contributed by atoms with Crippen LogP contribution in [-0.4, -0.2) is 36.0 Å². The first-order valence-electron chi connectivity index (χ1n) is 13.7. The number of piperidine rings is 1. The van der Waals surface area contributed by atoms with Gasteiger partial charge in [0, 0.05) is 40.6 Å². The van der Waals surface area contributed by atoms with Gasteiger partial charge >= 0.3 is 5.97 Å². The Morgan fingerprint density at radius 3 is 2.35 bits per heavy atom. The standard InChI is InChI=1S/C32H30ClN3O4/c1-19-8-10-22(17-27(19)33)34-30(37)26-18-23(11-13-28(26)35-14-3-2-4-15-35)36-29(20-6-5-7-20)25-16-21(32(39)40)9-12-24(25)31(36)38/h8-13,16-18H,2-7,14-15H2,1H3,(H,34,37)(H,39,40). The van der Waals surface area contributed by atoms with Crippen LogP contribution in [0.4, 0.5) is 17.1 Å². The highest BCUT2D eigenvalue weighted by Crippen LogP contribution is 2.45.